The van der Waals surface area contributed by atoms with Gasteiger partial charge >= 0.3 is 0 Å². The predicted molar refractivity (Wildman–Crippen MR) is 94.6 cm³/mol. The van der Waals surface area contributed by atoms with Crippen molar-refractivity contribution in [3.05, 3.63) is 45.5 Å². The van der Waals surface area contributed by atoms with Gasteiger partial charge in [-0.15, -0.1) is 0 Å². The molecule has 1 aromatic rings. The summed E-state index contributed by atoms with van der Waals surface area (Å²) in [6.45, 7) is 4.22. The molecule has 0 fully saturated rings. The molecule has 1 aromatic carbocycles. The summed E-state index contributed by atoms with van der Waals surface area (Å²) in [4.78, 5) is 11.8. The Bertz CT molecular complexity index is 557. The van der Waals surface area contributed by atoms with Crippen molar-refractivity contribution in [1.29, 1.82) is 0 Å². The van der Waals surface area contributed by atoms with E-state index in [0.717, 1.165) is 55.5 Å². The average molecular weight is 319 g/mol. The number of allylic oxidation sites excluding steroid dienone is 2. The van der Waals surface area contributed by atoms with Crippen molar-refractivity contribution in [3.8, 4) is 0 Å². The maximum absolute atomic E-state index is 11.8. The highest BCUT2D eigenvalue weighted by Gasteiger charge is 2.16. The molecular formula is C20H27ClO. The third kappa shape index (κ3) is 4.71. The molecule has 0 aliphatic heterocycles. The lowest BCUT2D eigenvalue weighted by atomic mass is 9.88. The second kappa shape index (κ2) is 8.53. The summed E-state index contributed by atoms with van der Waals surface area (Å²) in [5, 5.41) is 0.880. The van der Waals surface area contributed by atoms with E-state index in [1.54, 1.807) is 0 Å². The van der Waals surface area contributed by atoms with E-state index in [9.17, 15) is 4.79 Å². The van der Waals surface area contributed by atoms with Crippen LogP contribution in [0.1, 0.15) is 69.9 Å². The van der Waals surface area contributed by atoms with Gasteiger partial charge in [0.1, 0.15) is 0 Å². The SMILES string of the molecule is CCCCc1ccc(Cl)c(CCCC2=C(C)C(=O)CCC2)c1. The van der Waals surface area contributed by atoms with Crippen LogP contribution in [-0.2, 0) is 17.6 Å². The first-order valence-corrected chi connectivity index (χ1v) is 8.98. The Morgan fingerprint density at radius 1 is 1.09 bits per heavy atom. The average Bonchev–Trinajstić information content (AvgIpc) is 2.52. The Morgan fingerprint density at radius 3 is 2.68 bits per heavy atom. The zero-order valence-corrected chi connectivity index (χ0v) is 14.6. The third-order valence-corrected chi connectivity index (χ3v) is 5.05. The summed E-state index contributed by atoms with van der Waals surface area (Å²) in [5.41, 5.74) is 5.05. The van der Waals surface area contributed by atoms with Crippen molar-refractivity contribution >= 4 is 17.4 Å². The number of unbranched alkanes of at least 4 members (excludes halogenated alkanes) is 1. The van der Waals surface area contributed by atoms with Gasteiger partial charge < -0.3 is 0 Å². The number of hydrogen-bond donors (Lipinski definition) is 0. The number of hydrogen-bond acceptors (Lipinski definition) is 1. The summed E-state index contributed by atoms with van der Waals surface area (Å²) in [7, 11) is 0. The number of rotatable bonds is 7. The molecule has 22 heavy (non-hydrogen) atoms. The molecular weight excluding hydrogens is 292 g/mol. The minimum absolute atomic E-state index is 0.348. The monoisotopic (exact) mass is 318 g/mol. The molecule has 1 aliphatic carbocycles. The van der Waals surface area contributed by atoms with Crippen LogP contribution in [0.25, 0.3) is 0 Å². The van der Waals surface area contributed by atoms with E-state index in [1.807, 2.05) is 13.0 Å². The molecule has 0 atom stereocenters. The lowest BCUT2D eigenvalue weighted by Gasteiger charge is -2.17. The van der Waals surface area contributed by atoms with Crippen LogP contribution in [-0.4, -0.2) is 5.78 Å². The van der Waals surface area contributed by atoms with Crippen LogP contribution in [0, 0.1) is 0 Å². The fraction of sp³-hybridized carbons (Fsp3) is 0.550. The maximum atomic E-state index is 11.8. The smallest absolute Gasteiger partial charge is 0.158 e. The zero-order chi connectivity index (χ0) is 15.9. The Morgan fingerprint density at radius 2 is 1.91 bits per heavy atom. The normalized spacial score (nSPS) is 15.5. The van der Waals surface area contributed by atoms with E-state index < -0.39 is 0 Å². The van der Waals surface area contributed by atoms with Gasteiger partial charge in [-0.25, -0.2) is 0 Å². The standard InChI is InChI=1S/C20H27ClO/c1-3-4-7-16-12-13-19(21)18(14-16)10-5-8-17-9-6-11-20(22)15(17)2/h12-14H,3-11H2,1-2H3. The van der Waals surface area contributed by atoms with Gasteiger partial charge in [-0.05, 0) is 74.6 Å². The van der Waals surface area contributed by atoms with Crippen molar-refractivity contribution in [2.45, 2.75) is 71.6 Å². The van der Waals surface area contributed by atoms with Gasteiger partial charge in [0.05, 0.1) is 0 Å². The molecule has 1 aliphatic rings. The van der Waals surface area contributed by atoms with Crippen molar-refractivity contribution in [2.24, 2.45) is 0 Å². The topological polar surface area (TPSA) is 17.1 Å². The predicted octanol–water partition coefficient (Wildman–Crippen LogP) is 6.07. The van der Waals surface area contributed by atoms with Crippen LogP contribution >= 0.6 is 11.6 Å². The highest BCUT2D eigenvalue weighted by Crippen LogP contribution is 2.27. The molecule has 0 bridgehead atoms. The number of Topliss-reactive ketones (excluding diaryl/α,β-unsaturated/α-hetero) is 1. The summed E-state index contributed by atoms with van der Waals surface area (Å²) in [5.74, 6) is 0.348. The van der Waals surface area contributed by atoms with Crippen LogP contribution in [0.15, 0.2) is 29.3 Å². The Kier molecular flexibility index (Phi) is 6.70. The fourth-order valence-corrected chi connectivity index (χ4v) is 3.41. The maximum Gasteiger partial charge on any atom is 0.158 e. The van der Waals surface area contributed by atoms with Crippen molar-refractivity contribution in [1.82, 2.24) is 0 Å². The summed E-state index contributed by atoms with van der Waals surface area (Å²) < 4.78 is 0. The molecule has 0 unspecified atom stereocenters. The van der Waals surface area contributed by atoms with Gasteiger partial charge in [0.2, 0.25) is 0 Å². The molecule has 0 amide bonds. The lowest BCUT2D eigenvalue weighted by molar-refractivity contribution is -0.116. The molecule has 2 heteroatoms. The van der Waals surface area contributed by atoms with Crippen LogP contribution in [0.4, 0.5) is 0 Å². The molecule has 0 saturated carbocycles. The number of carbonyl (C=O) groups excluding carboxylic acids is 1. The van der Waals surface area contributed by atoms with Crippen molar-refractivity contribution in [2.75, 3.05) is 0 Å². The van der Waals surface area contributed by atoms with Crippen molar-refractivity contribution in [3.63, 3.8) is 0 Å². The van der Waals surface area contributed by atoms with Gasteiger partial charge in [0, 0.05) is 11.4 Å². The fourth-order valence-electron chi connectivity index (χ4n) is 3.20. The largest absolute Gasteiger partial charge is 0.295 e. The number of aryl methyl sites for hydroxylation is 2. The molecule has 0 radical (unpaired) electrons. The lowest BCUT2D eigenvalue weighted by Crippen LogP contribution is -2.09. The molecule has 0 N–H and O–H groups in total. The first-order chi connectivity index (χ1) is 10.6. The minimum atomic E-state index is 0.348. The number of benzene rings is 1. The molecule has 0 aromatic heterocycles. The number of halogens is 1. The van der Waals surface area contributed by atoms with E-state index in [4.69, 9.17) is 11.6 Å². The van der Waals surface area contributed by atoms with Gasteiger partial charge in [-0.2, -0.15) is 0 Å². The summed E-state index contributed by atoms with van der Waals surface area (Å²) in [6.07, 6.45) is 9.57. The van der Waals surface area contributed by atoms with Crippen LogP contribution < -0.4 is 0 Å². The van der Waals surface area contributed by atoms with Gasteiger partial charge in [0.15, 0.2) is 5.78 Å². The van der Waals surface area contributed by atoms with Crippen LogP contribution in [0.3, 0.4) is 0 Å². The molecule has 0 heterocycles. The quantitative estimate of drug-likeness (QED) is 0.596. The molecule has 0 spiro atoms. The Balaban J connectivity index is 1.93. The molecule has 120 valence electrons. The highest BCUT2D eigenvalue weighted by molar-refractivity contribution is 6.31. The van der Waals surface area contributed by atoms with E-state index in [1.165, 1.54) is 29.5 Å². The minimum Gasteiger partial charge on any atom is -0.295 e. The summed E-state index contributed by atoms with van der Waals surface area (Å²) >= 11 is 6.34. The second-order valence-corrected chi connectivity index (χ2v) is 6.80. The van der Waals surface area contributed by atoms with Gasteiger partial charge in [-0.1, -0.05) is 42.7 Å². The molecule has 2 rings (SSSR count). The highest BCUT2D eigenvalue weighted by atomic mass is 35.5. The first-order valence-electron chi connectivity index (χ1n) is 8.61. The first kappa shape index (κ1) is 17.3. The third-order valence-electron chi connectivity index (χ3n) is 4.68. The van der Waals surface area contributed by atoms with Gasteiger partial charge in [0.25, 0.3) is 0 Å². The number of carbonyl (C=O) groups is 1. The van der Waals surface area contributed by atoms with E-state index in [2.05, 4.69) is 19.1 Å². The van der Waals surface area contributed by atoms with Gasteiger partial charge in [-0.3, -0.25) is 4.79 Å². The van der Waals surface area contributed by atoms with Crippen molar-refractivity contribution < 1.29 is 4.79 Å². The van der Waals surface area contributed by atoms with Crippen LogP contribution in [0.2, 0.25) is 5.02 Å². The van der Waals surface area contributed by atoms with E-state index in [-0.39, 0.29) is 0 Å². The zero-order valence-electron chi connectivity index (χ0n) is 13.9. The Labute approximate surface area is 139 Å². The van der Waals surface area contributed by atoms with Crippen LogP contribution in [0.5, 0.6) is 0 Å². The Hall–Kier alpha value is -1.08. The van der Waals surface area contributed by atoms with E-state index in [0.29, 0.717) is 5.78 Å². The second-order valence-electron chi connectivity index (χ2n) is 6.39. The summed E-state index contributed by atoms with van der Waals surface area (Å²) in [6, 6.07) is 6.45. The molecule has 0 saturated heterocycles. The number of ketones is 1. The van der Waals surface area contributed by atoms with E-state index >= 15 is 0 Å². The molecule has 1 nitrogen and oxygen atoms in total.